The Kier molecular flexibility index (Phi) is 4.41. The third-order valence-corrected chi connectivity index (χ3v) is 4.99. The van der Waals surface area contributed by atoms with Gasteiger partial charge in [-0.1, -0.05) is 12.1 Å². The Morgan fingerprint density at radius 3 is 2.65 bits per heavy atom. The molecule has 0 unspecified atom stereocenters. The first-order valence-corrected chi connectivity index (χ1v) is 8.10. The molecule has 0 radical (unpaired) electrons. The van der Waals surface area contributed by atoms with E-state index in [1.54, 1.807) is 6.07 Å². The molecule has 23 heavy (non-hydrogen) atoms. The first-order chi connectivity index (χ1) is 11.1. The summed E-state index contributed by atoms with van der Waals surface area (Å²) in [5, 5.41) is 12.5. The van der Waals surface area contributed by atoms with Crippen LogP contribution in [0.15, 0.2) is 42.5 Å². The molecule has 0 aliphatic carbocycles. The van der Waals surface area contributed by atoms with E-state index in [1.165, 1.54) is 23.5 Å². The molecule has 0 fully saturated rings. The summed E-state index contributed by atoms with van der Waals surface area (Å²) in [4.78, 5) is 13.1. The maximum Gasteiger partial charge on any atom is 0.266 e. The third kappa shape index (κ3) is 3.25. The molecular formula is C18H16FNO2S. The van der Waals surface area contributed by atoms with Crippen molar-refractivity contribution in [3.63, 3.8) is 0 Å². The number of carbonyl (C=O) groups is 1. The van der Waals surface area contributed by atoms with E-state index >= 15 is 0 Å². The third-order valence-electron chi connectivity index (χ3n) is 3.72. The molecule has 0 saturated heterocycles. The van der Waals surface area contributed by atoms with Crippen molar-refractivity contribution in [2.24, 2.45) is 0 Å². The number of nitrogens with one attached hydrogen (secondary N) is 1. The highest BCUT2D eigenvalue weighted by atomic mass is 32.1. The molecule has 1 aromatic heterocycles. The Bertz CT molecular complexity index is 855. The first-order valence-electron chi connectivity index (χ1n) is 7.28. The van der Waals surface area contributed by atoms with Crippen LogP contribution in [0.1, 0.15) is 20.8 Å². The number of amides is 1. The van der Waals surface area contributed by atoms with Crippen LogP contribution in [0.25, 0.3) is 10.1 Å². The van der Waals surface area contributed by atoms with Gasteiger partial charge in [0.05, 0.1) is 4.88 Å². The van der Waals surface area contributed by atoms with Crippen molar-refractivity contribution in [3.05, 3.63) is 64.3 Å². The van der Waals surface area contributed by atoms with Gasteiger partial charge in [0.1, 0.15) is 5.82 Å². The molecule has 0 aliphatic rings. The van der Waals surface area contributed by atoms with Crippen molar-refractivity contribution in [1.29, 1.82) is 0 Å². The zero-order chi connectivity index (χ0) is 16.4. The van der Waals surface area contributed by atoms with E-state index in [1.807, 2.05) is 31.2 Å². The number of aryl methyl sites for hydroxylation is 1. The summed E-state index contributed by atoms with van der Waals surface area (Å²) in [5.41, 5.74) is 2.50. The van der Waals surface area contributed by atoms with Crippen molar-refractivity contribution in [1.82, 2.24) is 0 Å². The van der Waals surface area contributed by atoms with Crippen LogP contribution >= 0.6 is 11.3 Å². The number of fused-ring (bicyclic) bond motifs is 1. The van der Waals surface area contributed by atoms with Gasteiger partial charge in [-0.3, -0.25) is 4.79 Å². The molecule has 3 aromatic rings. The molecule has 0 saturated carbocycles. The van der Waals surface area contributed by atoms with Crippen molar-refractivity contribution < 1.29 is 14.3 Å². The highest BCUT2D eigenvalue weighted by Gasteiger charge is 2.16. The summed E-state index contributed by atoms with van der Waals surface area (Å²) in [6.45, 7) is 1.93. The quantitative estimate of drug-likeness (QED) is 0.756. The number of rotatable bonds is 4. The van der Waals surface area contributed by atoms with Gasteiger partial charge < -0.3 is 10.4 Å². The molecule has 0 atom stereocenters. The maximum absolute atomic E-state index is 13.4. The predicted molar refractivity (Wildman–Crippen MR) is 91.7 cm³/mol. The Labute approximate surface area is 137 Å². The second-order valence-corrected chi connectivity index (χ2v) is 6.37. The number of aliphatic hydroxyl groups is 1. The smallest absolute Gasteiger partial charge is 0.266 e. The van der Waals surface area contributed by atoms with Crippen LogP contribution in [-0.2, 0) is 6.42 Å². The predicted octanol–water partition coefficient (Wildman–Crippen LogP) is 4.14. The Morgan fingerprint density at radius 2 is 1.96 bits per heavy atom. The summed E-state index contributed by atoms with van der Waals surface area (Å²) in [6, 6.07) is 11.9. The first kappa shape index (κ1) is 15.6. The van der Waals surface area contributed by atoms with Crippen LogP contribution in [0.4, 0.5) is 10.1 Å². The lowest BCUT2D eigenvalue weighted by atomic mass is 10.1. The average Bonchev–Trinajstić information content (AvgIpc) is 2.86. The summed E-state index contributed by atoms with van der Waals surface area (Å²) in [5.74, 6) is -0.496. The van der Waals surface area contributed by atoms with Crippen molar-refractivity contribution in [2.75, 3.05) is 11.9 Å². The largest absolute Gasteiger partial charge is 0.396 e. The number of hydrogen-bond donors (Lipinski definition) is 2. The Morgan fingerprint density at radius 1 is 1.22 bits per heavy atom. The highest BCUT2D eigenvalue weighted by Crippen LogP contribution is 2.31. The van der Waals surface area contributed by atoms with Crippen molar-refractivity contribution in [2.45, 2.75) is 13.3 Å². The van der Waals surface area contributed by atoms with Crippen LogP contribution in [0.2, 0.25) is 0 Å². The van der Waals surface area contributed by atoms with Gasteiger partial charge in [0.2, 0.25) is 0 Å². The lowest BCUT2D eigenvalue weighted by Crippen LogP contribution is -2.11. The fourth-order valence-electron chi connectivity index (χ4n) is 2.48. The van der Waals surface area contributed by atoms with Crippen molar-refractivity contribution >= 4 is 33.0 Å². The summed E-state index contributed by atoms with van der Waals surface area (Å²) >= 11 is 1.36. The summed E-state index contributed by atoms with van der Waals surface area (Å²) in [7, 11) is 0. The molecule has 1 heterocycles. The zero-order valence-corrected chi connectivity index (χ0v) is 13.4. The zero-order valence-electron chi connectivity index (χ0n) is 12.6. The van der Waals surface area contributed by atoms with Gasteiger partial charge in [0.15, 0.2) is 0 Å². The van der Waals surface area contributed by atoms with Gasteiger partial charge in [-0.2, -0.15) is 0 Å². The molecule has 3 rings (SSSR count). The number of anilines is 1. The minimum atomic E-state index is -0.301. The number of halogens is 1. The number of thiophene rings is 1. The monoisotopic (exact) mass is 329 g/mol. The Hall–Kier alpha value is -2.24. The van der Waals surface area contributed by atoms with E-state index in [0.717, 1.165) is 21.2 Å². The van der Waals surface area contributed by atoms with Crippen LogP contribution in [0.5, 0.6) is 0 Å². The average molecular weight is 329 g/mol. The van der Waals surface area contributed by atoms with Crippen LogP contribution in [0, 0.1) is 12.7 Å². The SMILES string of the molecule is Cc1c(C(=O)Nc2ccc(CCO)cc2)sc2ccc(F)cc12. The summed E-state index contributed by atoms with van der Waals surface area (Å²) < 4.78 is 14.3. The van der Waals surface area contributed by atoms with Crippen LogP contribution in [-0.4, -0.2) is 17.6 Å². The molecule has 1 amide bonds. The number of carbonyl (C=O) groups excluding carboxylic acids is 1. The van der Waals surface area contributed by atoms with Gasteiger partial charge >= 0.3 is 0 Å². The molecule has 5 heteroatoms. The van der Waals surface area contributed by atoms with E-state index in [-0.39, 0.29) is 18.3 Å². The molecule has 3 nitrogen and oxygen atoms in total. The van der Waals surface area contributed by atoms with E-state index in [9.17, 15) is 9.18 Å². The second kappa shape index (κ2) is 6.48. The normalized spacial score (nSPS) is 10.9. The molecule has 2 aromatic carbocycles. The van der Waals surface area contributed by atoms with E-state index in [4.69, 9.17) is 5.11 Å². The Balaban J connectivity index is 1.84. The second-order valence-electron chi connectivity index (χ2n) is 5.32. The van der Waals surface area contributed by atoms with E-state index < -0.39 is 0 Å². The lowest BCUT2D eigenvalue weighted by Gasteiger charge is -2.06. The van der Waals surface area contributed by atoms with Crippen LogP contribution < -0.4 is 5.32 Å². The fraction of sp³-hybridized carbons (Fsp3) is 0.167. The molecular weight excluding hydrogens is 313 g/mol. The standard InChI is InChI=1S/C18H16FNO2S/c1-11-15-10-13(19)4-7-16(15)23-17(11)18(22)20-14-5-2-12(3-6-14)8-9-21/h2-7,10,21H,8-9H2,1H3,(H,20,22). The van der Waals surface area contributed by atoms with Gasteiger partial charge in [-0.15, -0.1) is 11.3 Å². The fourth-order valence-corrected chi connectivity index (χ4v) is 3.57. The molecule has 0 aliphatic heterocycles. The molecule has 0 bridgehead atoms. The molecule has 0 spiro atoms. The maximum atomic E-state index is 13.4. The minimum absolute atomic E-state index is 0.100. The topological polar surface area (TPSA) is 49.3 Å². The minimum Gasteiger partial charge on any atom is -0.396 e. The van der Waals surface area contributed by atoms with Gasteiger partial charge in [-0.25, -0.2) is 4.39 Å². The van der Waals surface area contributed by atoms with E-state index in [0.29, 0.717) is 17.0 Å². The van der Waals surface area contributed by atoms with Crippen molar-refractivity contribution in [3.8, 4) is 0 Å². The van der Waals surface area contributed by atoms with Gasteiger partial charge in [-0.05, 0) is 60.2 Å². The number of hydrogen-bond acceptors (Lipinski definition) is 3. The number of benzene rings is 2. The van der Waals surface area contributed by atoms with Gasteiger partial charge in [0.25, 0.3) is 5.91 Å². The van der Waals surface area contributed by atoms with Crippen LogP contribution in [0.3, 0.4) is 0 Å². The van der Waals surface area contributed by atoms with E-state index in [2.05, 4.69) is 5.32 Å². The molecule has 118 valence electrons. The van der Waals surface area contributed by atoms with Gasteiger partial charge in [0, 0.05) is 17.0 Å². The highest BCUT2D eigenvalue weighted by molar-refractivity contribution is 7.21. The lowest BCUT2D eigenvalue weighted by molar-refractivity contribution is 0.103. The number of aliphatic hydroxyl groups excluding tert-OH is 1. The summed E-state index contributed by atoms with van der Waals surface area (Å²) in [6.07, 6.45) is 0.592. The molecule has 2 N–H and O–H groups in total.